The van der Waals surface area contributed by atoms with Gasteiger partial charge in [0.15, 0.2) is 11.6 Å². The molecule has 0 aromatic heterocycles. The lowest BCUT2D eigenvalue weighted by Gasteiger charge is -2.30. The summed E-state index contributed by atoms with van der Waals surface area (Å²) in [5.41, 5.74) is 0. The SMILES string of the molecule is CC1CCNCC1NS(=O)(=O)c1cc(F)c(F)cc1F.Cl. The van der Waals surface area contributed by atoms with E-state index in [4.69, 9.17) is 0 Å². The van der Waals surface area contributed by atoms with Gasteiger partial charge in [0, 0.05) is 18.7 Å². The molecule has 0 amide bonds. The fraction of sp³-hybridized carbons (Fsp3) is 0.500. The van der Waals surface area contributed by atoms with Crippen molar-refractivity contribution in [1.82, 2.24) is 10.0 Å². The summed E-state index contributed by atoms with van der Waals surface area (Å²) in [6.45, 7) is 3.06. The predicted octanol–water partition coefficient (Wildman–Crippen LogP) is 1.80. The largest absolute Gasteiger partial charge is 0.315 e. The Morgan fingerprint density at radius 1 is 1.19 bits per heavy atom. The zero-order chi connectivity index (χ0) is 14.9. The molecule has 0 radical (unpaired) electrons. The number of hydrogen-bond donors (Lipinski definition) is 2. The lowest BCUT2D eigenvalue weighted by Crippen LogP contribution is -2.50. The van der Waals surface area contributed by atoms with Crippen molar-refractivity contribution in [3.05, 3.63) is 29.6 Å². The Bertz CT molecular complexity index is 613. The van der Waals surface area contributed by atoms with Gasteiger partial charge >= 0.3 is 0 Å². The van der Waals surface area contributed by atoms with Crippen molar-refractivity contribution < 1.29 is 21.6 Å². The average Bonchev–Trinajstić information content (AvgIpc) is 2.36. The predicted molar refractivity (Wildman–Crippen MR) is 74.3 cm³/mol. The molecule has 0 saturated carbocycles. The zero-order valence-electron chi connectivity index (χ0n) is 11.2. The Morgan fingerprint density at radius 3 is 2.43 bits per heavy atom. The normalized spacial score (nSPS) is 22.7. The van der Waals surface area contributed by atoms with E-state index in [0.717, 1.165) is 13.0 Å². The molecule has 120 valence electrons. The quantitative estimate of drug-likeness (QED) is 0.822. The number of benzene rings is 1. The highest BCUT2D eigenvalue weighted by Crippen LogP contribution is 2.20. The van der Waals surface area contributed by atoms with E-state index in [0.29, 0.717) is 12.6 Å². The van der Waals surface area contributed by atoms with Crippen LogP contribution in [0.2, 0.25) is 0 Å². The van der Waals surface area contributed by atoms with Crippen LogP contribution in [0.5, 0.6) is 0 Å². The van der Waals surface area contributed by atoms with Crippen molar-refractivity contribution in [2.24, 2.45) is 5.92 Å². The maximum Gasteiger partial charge on any atom is 0.243 e. The molecule has 2 N–H and O–H groups in total. The van der Waals surface area contributed by atoms with Crippen molar-refractivity contribution in [2.45, 2.75) is 24.3 Å². The van der Waals surface area contributed by atoms with Crippen LogP contribution in [0, 0.1) is 23.4 Å². The maximum absolute atomic E-state index is 13.5. The topological polar surface area (TPSA) is 58.2 Å². The molecule has 2 atom stereocenters. The lowest BCUT2D eigenvalue weighted by molar-refractivity contribution is 0.326. The number of hydrogen-bond acceptors (Lipinski definition) is 3. The maximum atomic E-state index is 13.5. The van der Waals surface area contributed by atoms with Crippen LogP contribution in [0.25, 0.3) is 0 Å². The smallest absolute Gasteiger partial charge is 0.243 e. The molecule has 0 spiro atoms. The fourth-order valence-electron chi connectivity index (χ4n) is 2.12. The van der Waals surface area contributed by atoms with Gasteiger partial charge in [-0.15, -0.1) is 12.4 Å². The van der Waals surface area contributed by atoms with Gasteiger partial charge in [0.1, 0.15) is 10.7 Å². The molecule has 1 aliphatic heterocycles. The van der Waals surface area contributed by atoms with Gasteiger partial charge in [-0.1, -0.05) is 6.92 Å². The summed E-state index contributed by atoms with van der Waals surface area (Å²) < 4.78 is 65.9. The Morgan fingerprint density at radius 2 is 1.81 bits per heavy atom. The summed E-state index contributed by atoms with van der Waals surface area (Å²) in [4.78, 5) is -0.880. The molecule has 1 saturated heterocycles. The van der Waals surface area contributed by atoms with Crippen LogP contribution < -0.4 is 10.0 Å². The fourth-order valence-corrected chi connectivity index (χ4v) is 3.54. The van der Waals surface area contributed by atoms with E-state index in [1.807, 2.05) is 6.92 Å². The molecule has 2 rings (SSSR count). The van der Waals surface area contributed by atoms with Crippen LogP contribution in [-0.4, -0.2) is 27.5 Å². The first-order valence-corrected chi connectivity index (χ1v) is 7.67. The van der Waals surface area contributed by atoms with Crippen molar-refractivity contribution in [3.8, 4) is 0 Å². The average molecular weight is 345 g/mol. The summed E-state index contributed by atoms with van der Waals surface area (Å²) in [6, 6.07) is 0.168. The molecular weight excluding hydrogens is 329 g/mol. The van der Waals surface area contributed by atoms with Crippen molar-refractivity contribution in [2.75, 3.05) is 13.1 Å². The highest BCUT2D eigenvalue weighted by Gasteiger charge is 2.29. The second-order valence-electron chi connectivity index (χ2n) is 4.89. The third-order valence-corrected chi connectivity index (χ3v) is 4.90. The molecule has 0 aliphatic carbocycles. The first-order valence-electron chi connectivity index (χ1n) is 6.19. The Kier molecular flexibility index (Phi) is 6.03. The van der Waals surface area contributed by atoms with Gasteiger partial charge in [-0.2, -0.15) is 0 Å². The van der Waals surface area contributed by atoms with Crippen LogP contribution in [0.3, 0.4) is 0 Å². The molecule has 1 heterocycles. The molecule has 1 aromatic rings. The van der Waals surface area contributed by atoms with Gasteiger partial charge in [-0.25, -0.2) is 26.3 Å². The Balaban J connectivity index is 0.00000220. The minimum atomic E-state index is -4.23. The number of halogens is 4. The van der Waals surface area contributed by atoms with Crippen LogP contribution in [-0.2, 0) is 10.0 Å². The van der Waals surface area contributed by atoms with Gasteiger partial charge in [-0.05, 0) is 24.9 Å². The minimum Gasteiger partial charge on any atom is -0.315 e. The molecule has 0 bridgehead atoms. The van der Waals surface area contributed by atoms with Gasteiger partial charge in [0.25, 0.3) is 0 Å². The third-order valence-electron chi connectivity index (χ3n) is 3.40. The second-order valence-corrected chi connectivity index (χ2v) is 6.58. The van der Waals surface area contributed by atoms with Crippen molar-refractivity contribution in [3.63, 3.8) is 0 Å². The number of nitrogens with one attached hydrogen (secondary N) is 2. The number of piperidine rings is 1. The molecule has 1 fully saturated rings. The molecular formula is C12H16ClF3N2O2S. The summed E-state index contributed by atoms with van der Waals surface area (Å²) in [5, 5.41) is 3.02. The summed E-state index contributed by atoms with van der Waals surface area (Å²) >= 11 is 0. The first kappa shape index (κ1) is 18.2. The summed E-state index contributed by atoms with van der Waals surface area (Å²) in [5.74, 6) is -4.07. The van der Waals surface area contributed by atoms with Gasteiger partial charge in [-0.3, -0.25) is 0 Å². The van der Waals surface area contributed by atoms with Crippen LogP contribution in [0.4, 0.5) is 13.2 Å². The molecule has 21 heavy (non-hydrogen) atoms. The van der Waals surface area contributed by atoms with Crippen LogP contribution >= 0.6 is 12.4 Å². The Labute approximate surface area is 127 Å². The molecule has 4 nitrogen and oxygen atoms in total. The van der Waals surface area contributed by atoms with Crippen LogP contribution in [0.15, 0.2) is 17.0 Å². The molecule has 2 unspecified atom stereocenters. The third kappa shape index (κ3) is 4.09. The van der Waals surface area contributed by atoms with Gasteiger partial charge < -0.3 is 5.32 Å². The number of rotatable bonds is 3. The zero-order valence-corrected chi connectivity index (χ0v) is 12.8. The molecule has 1 aromatic carbocycles. The summed E-state index contributed by atoms with van der Waals surface area (Å²) in [6.07, 6.45) is 0.771. The van der Waals surface area contributed by atoms with E-state index in [-0.39, 0.29) is 24.4 Å². The van der Waals surface area contributed by atoms with Gasteiger partial charge in [0.2, 0.25) is 10.0 Å². The Hall–Kier alpha value is -0.830. The lowest BCUT2D eigenvalue weighted by atomic mass is 9.96. The van der Waals surface area contributed by atoms with E-state index < -0.39 is 38.4 Å². The van der Waals surface area contributed by atoms with E-state index in [2.05, 4.69) is 10.0 Å². The van der Waals surface area contributed by atoms with E-state index in [1.165, 1.54) is 0 Å². The molecule has 9 heteroatoms. The summed E-state index contributed by atoms with van der Waals surface area (Å²) in [7, 11) is -4.23. The monoisotopic (exact) mass is 344 g/mol. The van der Waals surface area contributed by atoms with E-state index in [9.17, 15) is 21.6 Å². The minimum absolute atomic E-state index is 0. The highest BCUT2D eigenvalue weighted by molar-refractivity contribution is 7.89. The van der Waals surface area contributed by atoms with Crippen molar-refractivity contribution in [1.29, 1.82) is 0 Å². The molecule has 1 aliphatic rings. The van der Waals surface area contributed by atoms with Crippen molar-refractivity contribution >= 4 is 22.4 Å². The van der Waals surface area contributed by atoms with E-state index in [1.54, 1.807) is 0 Å². The first-order chi connectivity index (χ1) is 9.31. The highest BCUT2D eigenvalue weighted by atomic mass is 35.5. The van der Waals surface area contributed by atoms with Crippen LogP contribution in [0.1, 0.15) is 13.3 Å². The van der Waals surface area contributed by atoms with Gasteiger partial charge in [0.05, 0.1) is 0 Å². The second kappa shape index (κ2) is 6.95. The van der Waals surface area contributed by atoms with E-state index >= 15 is 0 Å². The standard InChI is InChI=1S/C12H15F3N2O2S.ClH/c1-7-2-3-16-6-11(7)17-20(18,19)12-5-9(14)8(13)4-10(12)15;/h4-5,7,11,16-17H,2-3,6H2,1H3;1H. The number of sulfonamides is 1.